The molecule has 0 aliphatic carbocycles. The summed E-state index contributed by atoms with van der Waals surface area (Å²) in [6.45, 7) is -0.519. The van der Waals surface area contributed by atoms with E-state index < -0.39 is 63.8 Å². The molecule has 0 aromatic heterocycles. The molecule has 0 unspecified atom stereocenters. The van der Waals surface area contributed by atoms with Gasteiger partial charge in [0.15, 0.2) is 52.2 Å². The molecule has 0 saturated carbocycles. The van der Waals surface area contributed by atoms with E-state index in [1.807, 2.05) is 5.92 Å². The maximum absolute atomic E-state index is 13.1. The fourth-order valence-electron chi connectivity index (χ4n) is 2.48. The molecule has 0 bridgehead atoms. The van der Waals surface area contributed by atoms with Crippen molar-refractivity contribution in [3.05, 3.63) is 93.8 Å². The largest absolute Gasteiger partial charge is 0.478 e. The van der Waals surface area contributed by atoms with Crippen molar-refractivity contribution in [2.45, 2.75) is 0 Å². The number of aromatic carboxylic acids is 1. The van der Waals surface area contributed by atoms with Gasteiger partial charge in [-0.3, -0.25) is 9.59 Å². The number of hydrogen-bond acceptors (Lipinski definition) is 5. The van der Waals surface area contributed by atoms with Crippen LogP contribution in [0.3, 0.4) is 0 Å². The number of carbonyl (C=O) groups is 3. The number of carboxylic acids is 1. The Morgan fingerprint density at radius 3 is 1.30 bits per heavy atom. The third kappa shape index (κ3) is 9.54. The van der Waals surface area contributed by atoms with Gasteiger partial charge in [-0.1, -0.05) is 11.8 Å². The summed E-state index contributed by atoms with van der Waals surface area (Å²) < 4.78 is 98.1. The van der Waals surface area contributed by atoms with Gasteiger partial charge in [-0.15, -0.1) is 12.8 Å². The molecule has 6 nitrogen and oxygen atoms in total. The van der Waals surface area contributed by atoms with Crippen LogP contribution in [0.2, 0.25) is 0 Å². The number of halogens is 7. The number of hydrogen-bond donors (Lipinski definition) is 1. The summed E-state index contributed by atoms with van der Waals surface area (Å²) in [4.78, 5) is 30.6. The van der Waals surface area contributed by atoms with Crippen LogP contribution in [0.15, 0.2) is 36.4 Å². The van der Waals surface area contributed by atoms with Crippen LogP contribution in [0, 0.1) is 65.4 Å². The van der Waals surface area contributed by atoms with E-state index in [0.717, 1.165) is 12.1 Å². The topological polar surface area (TPSA) is 89.9 Å². The summed E-state index contributed by atoms with van der Waals surface area (Å²) in [7, 11) is 0. The lowest BCUT2D eigenvalue weighted by Gasteiger charge is -2.05. The zero-order valence-corrected chi connectivity index (χ0v) is 19.8. The van der Waals surface area contributed by atoms with Crippen LogP contribution in [0.5, 0.6) is 11.5 Å². The van der Waals surface area contributed by atoms with Crippen molar-refractivity contribution in [1.82, 2.24) is 0 Å². The molecule has 1 N–H and O–H groups in total. The predicted octanol–water partition coefficient (Wildman–Crippen LogP) is 5.38. The summed E-state index contributed by atoms with van der Waals surface area (Å²) in [5.74, 6) is -6.88. The first kappa shape index (κ1) is 32.7. The molecule has 0 saturated heterocycles. The number of aldehydes is 2. The highest BCUT2D eigenvalue weighted by Crippen LogP contribution is 2.24. The number of carboxylic acid groups (broad SMARTS) is 1. The second-order valence-corrected chi connectivity index (χ2v) is 6.91. The third-order valence-electron chi connectivity index (χ3n) is 4.14. The highest BCUT2D eigenvalue weighted by molar-refractivity contribution is 5.87. The second-order valence-electron chi connectivity index (χ2n) is 6.91. The Balaban J connectivity index is 0.000000304. The summed E-state index contributed by atoms with van der Waals surface area (Å²) in [6, 6.07) is 4.34. The fourth-order valence-corrected chi connectivity index (χ4v) is 2.48. The zero-order chi connectivity index (χ0) is 30.4. The number of carbonyl (C=O) groups excluding carboxylic acids is 2. The van der Waals surface area contributed by atoms with Gasteiger partial charge < -0.3 is 14.6 Å². The maximum atomic E-state index is 13.1. The molecule has 40 heavy (non-hydrogen) atoms. The normalized spacial score (nSPS) is 9.43. The molecule has 0 spiro atoms. The van der Waals surface area contributed by atoms with E-state index in [9.17, 15) is 45.1 Å². The minimum absolute atomic E-state index is 0.0898. The number of terminal acetylenes is 2. The van der Waals surface area contributed by atoms with Gasteiger partial charge in [-0.2, -0.15) is 0 Å². The first-order chi connectivity index (χ1) is 18.9. The number of benzene rings is 3. The zero-order valence-electron chi connectivity index (χ0n) is 19.8. The Morgan fingerprint density at radius 1 is 0.675 bits per heavy atom. The number of rotatable bonds is 7. The van der Waals surface area contributed by atoms with Crippen molar-refractivity contribution in [3.63, 3.8) is 0 Å². The molecule has 0 heterocycles. The molecular weight excluding hydrogens is 553 g/mol. The van der Waals surface area contributed by atoms with Gasteiger partial charge in [-0.25, -0.2) is 35.5 Å². The monoisotopic (exact) mass is 568 g/mol. The molecule has 0 fully saturated rings. The molecule has 208 valence electrons. The Kier molecular flexibility index (Phi) is 13.0. The van der Waals surface area contributed by atoms with E-state index in [1.54, 1.807) is 0 Å². The predicted molar refractivity (Wildman–Crippen MR) is 125 cm³/mol. The highest BCUT2D eigenvalue weighted by Gasteiger charge is 2.15. The molecule has 3 aromatic carbocycles. The Morgan fingerprint density at radius 2 is 1.00 bits per heavy atom. The SMILES string of the molecule is C#CCOc1c(F)cc(C(=O)O)cc1F.C#CCOc1c(F)cc(C=O)cc1F.O=Cc1cc(F)c(F)c(F)c1. The minimum Gasteiger partial charge on any atom is -0.478 e. The number of ether oxygens (including phenoxy) is 2. The lowest BCUT2D eigenvalue weighted by atomic mass is 10.2. The Bertz CT molecular complexity index is 1410. The summed E-state index contributed by atoms with van der Waals surface area (Å²) in [5.41, 5.74) is -0.799. The standard InChI is InChI=1S/C10H6F2O3.C10H6F2O2.C7H3F3O/c1-2-3-15-9-7(11)4-6(10(13)14)5-8(9)12;1-2-3-14-10-8(11)4-7(6-13)5-9(10)12;8-5-1-4(3-11)2-6(9)7(5)10/h1,4-5H,3H2,(H,13,14);1,4-6H,3H2;1-3H. The molecular formula is C27H15F7O6. The van der Waals surface area contributed by atoms with Crippen molar-refractivity contribution in [2.75, 3.05) is 13.2 Å². The lowest BCUT2D eigenvalue weighted by molar-refractivity contribution is 0.0695. The van der Waals surface area contributed by atoms with Gasteiger partial charge in [0.1, 0.15) is 25.8 Å². The molecule has 0 aliphatic rings. The van der Waals surface area contributed by atoms with Crippen molar-refractivity contribution in [3.8, 4) is 36.2 Å². The summed E-state index contributed by atoms with van der Waals surface area (Å²) >= 11 is 0. The van der Waals surface area contributed by atoms with E-state index in [-0.39, 0.29) is 30.6 Å². The van der Waals surface area contributed by atoms with Crippen LogP contribution in [0.4, 0.5) is 30.7 Å². The molecule has 13 heteroatoms. The Hall–Kier alpha value is -5.30. The van der Waals surface area contributed by atoms with E-state index in [1.165, 1.54) is 0 Å². The van der Waals surface area contributed by atoms with Crippen LogP contribution in [-0.2, 0) is 0 Å². The molecule has 0 aliphatic heterocycles. The van der Waals surface area contributed by atoms with Gasteiger partial charge in [0.05, 0.1) is 5.56 Å². The van der Waals surface area contributed by atoms with E-state index >= 15 is 0 Å². The van der Waals surface area contributed by atoms with E-state index in [4.69, 9.17) is 18.0 Å². The van der Waals surface area contributed by atoms with E-state index in [0.29, 0.717) is 30.6 Å². The fraction of sp³-hybridized carbons (Fsp3) is 0.0741. The quantitative estimate of drug-likeness (QED) is 0.178. The van der Waals surface area contributed by atoms with Crippen LogP contribution in [-0.4, -0.2) is 36.9 Å². The minimum atomic E-state index is -1.56. The van der Waals surface area contributed by atoms with Crippen LogP contribution < -0.4 is 9.47 Å². The molecule has 3 rings (SSSR count). The van der Waals surface area contributed by atoms with Gasteiger partial charge in [0.25, 0.3) is 0 Å². The van der Waals surface area contributed by atoms with Gasteiger partial charge in [0, 0.05) is 11.1 Å². The lowest BCUT2D eigenvalue weighted by Crippen LogP contribution is -2.03. The molecule has 0 radical (unpaired) electrons. The molecule has 0 amide bonds. The first-order valence-electron chi connectivity index (χ1n) is 10.3. The Labute approximate surface area is 222 Å². The van der Waals surface area contributed by atoms with Crippen LogP contribution in [0.25, 0.3) is 0 Å². The van der Waals surface area contributed by atoms with E-state index in [2.05, 4.69) is 15.4 Å². The van der Waals surface area contributed by atoms with Crippen LogP contribution >= 0.6 is 0 Å². The van der Waals surface area contributed by atoms with Crippen molar-refractivity contribution >= 4 is 18.5 Å². The molecule has 0 atom stereocenters. The van der Waals surface area contributed by atoms with Crippen molar-refractivity contribution in [2.24, 2.45) is 0 Å². The van der Waals surface area contributed by atoms with Gasteiger partial charge in [0.2, 0.25) is 0 Å². The van der Waals surface area contributed by atoms with Crippen LogP contribution in [0.1, 0.15) is 31.1 Å². The third-order valence-corrected chi connectivity index (χ3v) is 4.14. The van der Waals surface area contributed by atoms with Gasteiger partial charge >= 0.3 is 5.97 Å². The van der Waals surface area contributed by atoms with Gasteiger partial charge in [-0.05, 0) is 36.4 Å². The molecule has 3 aromatic rings. The second kappa shape index (κ2) is 15.8. The first-order valence-corrected chi connectivity index (χ1v) is 10.3. The average Bonchev–Trinajstić information content (AvgIpc) is 2.91. The summed E-state index contributed by atoms with van der Waals surface area (Å²) in [5, 5.41) is 8.49. The average molecular weight is 568 g/mol. The maximum Gasteiger partial charge on any atom is 0.335 e. The summed E-state index contributed by atoms with van der Waals surface area (Å²) in [6.07, 6.45) is 10.3. The highest BCUT2D eigenvalue weighted by atomic mass is 19.2. The van der Waals surface area contributed by atoms with Crippen molar-refractivity contribution < 1.29 is 59.7 Å². The van der Waals surface area contributed by atoms with Crippen molar-refractivity contribution in [1.29, 1.82) is 0 Å². The smallest absolute Gasteiger partial charge is 0.335 e.